The van der Waals surface area contributed by atoms with E-state index in [1.54, 1.807) is 0 Å². The molecule has 0 saturated carbocycles. The highest BCUT2D eigenvalue weighted by atomic mass is 19.4. The van der Waals surface area contributed by atoms with Gasteiger partial charge in [-0.05, 0) is 23.8 Å². The summed E-state index contributed by atoms with van der Waals surface area (Å²) in [6, 6.07) is 0. The van der Waals surface area contributed by atoms with E-state index in [2.05, 4.69) is 12.0 Å². The third-order valence-electron chi connectivity index (χ3n) is 3.40. The lowest BCUT2D eigenvalue weighted by Crippen LogP contribution is -2.21. The van der Waals surface area contributed by atoms with E-state index in [1.807, 2.05) is 13.8 Å². The predicted molar refractivity (Wildman–Crippen MR) is 60.7 cm³/mol. The Morgan fingerprint density at radius 2 is 1.94 bits per heavy atom. The van der Waals surface area contributed by atoms with Crippen molar-refractivity contribution in [1.82, 2.24) is 9.78 Å². The molecule has 0 N–H and O–H groups in total. The van der Waals surface area contributed by atoms with Crippen molar-refractivity contribution in [3.63, 3.8) is 0 Å². The fraction of sp³-hybridized carbons (Fsp3) is 0.750. The fourth-order valence-corrected chi connectivity index (χ4v) is 1.87. The first-order valence-corrected chi connectivity index (χ1v) is 5.96. The Morgan fingerprint density at radius 1 is 1.29 bits per heavy atom. The van der Waals surface area contributed by atoms with Gasteiger partial charge in [-0.3, -0.25) is 0 Å². The van der Waals surface area contributed by atoms with Crippen LogP contribution in [0.1, 0.15) is 52.0 Å². The van der Waals surface area contributed by atoms with Gasteiger partial charge in [-0.2, -0.15) is 9.78 Å². The van der Waals surface area contributed by atoms with Crippen LogP contribution in [0.2, 0.25) is 0 Å². The van der Waals surface area contributed by atoms with Crippen LogP contribution in [-0.4, -0.2) is 9.78 Å². The van der Waals surface area contributed by atoms with Gasteiger partial charge in [0.15, 0.2) is 0 Å². The summed E-state index contributed by atoms with van der Waals surface area (Å²) in [7, 11) is 0. The number of rotatable bonds is 5. The van der Waals surface area contributed by atoms with E-state index in [4.69, 9.17) is 0 Å². The smallest absolute Gasteiger partial charge is 0.179 e. The second-order valence-electron chi connectivity index (χ2n) is 4.66. The standard InChI is InChI=1S/C12H19F3N2/c1-4-6-7-11(3,5-2)10-8-16-17(9-10)12(13,14)15/h8-9H,4-7H2,1-3H3. The molecule has 0 saturated heterocycles. The molecule has 1 heterocycles. The molecule has 2 nitrogen and oxygen atoms in total. The quantitative estimate of drug-likeness (QED) is 0.763. The van der Waals surface area contributed by atoms with Gasteiger partial charge in [0.25, 0.3) is 0 Å². The van der Waals surface area contributed by atoms with E-state index >= 15 is 0 Å². The third kappa shape index (κ3) is 3.23. The molecule has 17 heavy (non-hydrogen) atoms. The van der Waals surface area contributed by atoms with Crippen molar-refractivity contribution in [2.45, 2.75) is 58.2 Å². The molecule has 1 aromatic rings. The summed E-state index contributed by atoms with van der Waals surface area (Å²) >= 11 is 0. The van der Waals surface area contributed by atoms with Crippen molar-refractivity contribution in [3.8, 4) is 0 Å². The minimum Gasteiger partial charge on any atom is -0.179 e. The molecular formula is C12H19F3N2. The van der Waals surface area contributed by atoms with Gasteiger partial charge >= 0.3 is 6.30 Å². The SMILES string of the molecule is CCCCC(C)(CC)c1cnn(C(F)(F)F)c1. The molecule has 0 aliphatic rings. The summed E-state index contributed by atoms with van der Waals surface area (Å²) in [5, 5.41) is 3.40. The van der Waals surface area contributed by atoms with Crippen LogP contribution in [0, 0.1) is 0 Å². The second kappa shape index (κ2) is 5.10. The maximum atomic E-state index is 12.4. The maximum Gasteiger partial charge on any atom is 0.504 e. The summed E-state index contributed by atoms with van der Waals surface area (Å²) in [6.07, 6.45) is 1.80. The van der Waals surface area contributed by atoms with E-state index in [1.165, 1.54) is 6.20 Å². The Hall–Kier alpha value is -1.00. The first kappa shape index (κ1) is 14.1. The van der Waals surface area contributed by atoms with Gasteiger partial charge in [0.1, 0.15) is 0 Å². The molecule has 0 aliphatic carbocycles. The molecule has 0 radical (unpaired) electrons. The highest BCUT2D eigenvalue weighted by Crippen LogP contribution is 2.34. The van der Waals surface area contributed by atoms with Gasteiger partial charge in [-0.1, -0.05) is 33.6 Å². The fourth-order valence-electron chi connectivity index (χ4n) is 1.87. The van der Waals surface area contributed by atoms with Gasteiger partial charge in [0.2, 0.25) is 0 Å². The lowest BCUT2D eigenvalue weighted by atomic mass is 9.77. The van der Waals surface area contributed by atoms with Crippen LogP contribution in [0.15, 0.2) is 12.4 Å². The van der Waals surface area contributed by atoms with Crippen molar-refractivity contribution >= 4 is 0 Å². The van der Waals surface area contributed by atoms with E-state index in [0.29, 0.717) is 5.56 Å². The van der Waals surface area contributed by atoms with Crippen LogP contribution >= 0.6 is 0 Å². The lowest BCUT2D eigenvalue weighted by Gasteiger charge is -2.27. The number of hydrogen-bond donors (Lipinski definition) is 0. The van der Waals surface area contributed by atoms with Gasteiger partial charge in [-0.25, -0.2) is 0 Å². The molecular weight excluding hydrogens is 229 g/mol. The zero-order valence-electron chi connectivity index (χ0n) is 10.5. The van der Waals surface area contributed by atoms with E-state index in [0.717, 1.165) is 31.9 Å². The monoisotopic (exact) mass is 248 g/mol. The van der Waals surface area contributed by atoms with Crippen molar-refractivity contribution in [2.24, 2.45) is 0 Å². The van der Waals surface area contributed by atoms with Crippen molar-refractivity contribution in [2.75, 3.05) is 0 Å². The Bertz CT molecular complexity index is 357. The Morgan fingerprint density at radius 3 is 2.35 bits per heavy atom. The molecule has 5 heteroatoms. The Balaban J connectivity index is 2.93. The first-order valence-electron chi connectivity index (χ1n) is 5.96. The average Bonchev–Trinajstić information content (AvgIpc) is 2.75. The van der Waals surface area contributed by atoms with E-state index in [-0.39, 0.29) is 10.1 Å². The van der Waals surface area contributed by atoms with Crippen LogP contribution in [0.5, 0.6) is 0 Å². The maximum absolute atomic E-state index is 12.4. The van der Waals surface area contributed by atoms with E-state index in [9.17, 15) is 13.2 Å². The van der Waals surface area contributed by atoms with Gasteiger partial charge in [0.05, 0.1) is 6.20 Å². The van der Waals surface area contributed by atoms with Gasteiger partial charge in [-0.15, -0.1) is 13.2 Å². The zero-order chi connectivity index (χ0) is 13.1. The van der Waals surface area contributed by atoms with E-state index < -0.39 is 6.30 Å². The molecule has 1 aromatic heterocycles. The molecule has 1 rings (SSSR count). The number of aromatic nitrogens is 2. The molecule has 1 atom stereocenters. The first-order chi connectivity index (χ1) is 7.83. The topological polar surface area (TPSA) is 17.8 Å². The summed E-state index contributed by atoms with van der Waals surface area (Å²) in [6.45, 7) is 6.08. The average molecular weight is 248 g/mol. The summed E-state index contributed by atoms with van der Waals surface area (Å²) in [5.74, 6) is 0. The van der Waals surface area contributed by atoms with Crippen molar-refractivity contribution in [1.29, 1.82) is 0 Å². The second-order valence-corrected chi connectivity index (χ2v) is 4.66. The summed E-state index contributed by atoms with van der Waals surface area (Å²) in [4.78, 5) is 0. The number of halogens is 3. The number of unbranched alkanes of at least 4 members (excludes halogenated alkanes) is 1. The van der Waals surface area contributed by atoms with Crippen molar-refractivity contribution < 1.29 is 13.2 Å². The van der Waals surface area contributed by atoms with Crippen LogP contribution in [-0.2, 0) is 11.7 Å². The number of hydrogen-bond acceptors (Lipinski definition) is 1. The Labute approximate surface area is 99.8 Å². The number of nitrogens with zero attached hydrogens (tertiary/aromatic N) is 2. The van der Waals surface area contributed by atoms with Crippen LogP contribution in [0.25, 0.3) is 0 Å². The molecule has 1 unspecified atom stereocenters. The normalized spacial score (nSPS) is 15.9. The molecule has 0 amide bonds. The summed E-state index contributed by atoms with van der Waals surface area (Å²) in [5.41, 5.74) is 0.463. The number of alkyl halides is 3. The third-order valence-corrected chi connectivity index (χ3v) is 3.40. The zero-order valence-corrected chi connectivity index (χ0v) is 10.5. The van der Waals surface area contributed by atoms with Gasteiger partial charge in [0, 0.05) is 6.20 Å². The minimum atomic E-state index is -4.42. The van der Waals surface area contributed by atoms with Gasteiger partial charge < -0.3 is 0 Å². The van der Waals surface area contributed by atoms with Crippen LogP contribution < -0.4 is 0 Å². The highest BCUT2D eigenvalue weighted by molar-refractivity contribution is 5.18. The summed E-state index contributed by atoms with van der Waals surface area (Å²) < 4.78 is 37.4. The molecule has 0 bridgehead atoms. The highest BCUT2D eigenvalue weighted by Gasteiger charge is 2.34. The molecule has 98 valence electrons. The van der Waals surface area contributed by atoms with Crippen LogP contribution in [0.4, 0.5) is 13.2 Å². The Kier molecular flexibility index (Phi) is 4.22. The molecule has 0 aromatic carbocycles. The minimum absolute atomic E-state index is 0.0855. The largest absolute Gasteiger partial charge is 0.504 e. The molecule has 0 spiro atoms. The molecule has 0 aliphatic heterocycles. The van der Waals surface area contributed by atoms with Crippen LogP contribution in [0.3, 0.4) is 0 Å². The lowest BCUT2D eigenvalue weighted by molar-refractivity contribution is -0.212. The van der Waals surface area contributed by atoms with Crippen molar-refractivity contribution in [3.05, 3.63) is 18.0 Å². The molecule has 0 fully saturated rings. The predicted octanol–water partition coefficient (Wildman–Crippen LogP) is 4.22.